The van der Waals surface area contributed by atoms with Crippen LogP contribution in [0.4, 0.5) is 15.9 Å². The molecule has 0 amide bonds. The van der Waals surface area contributed by atoms with E-state index in [1.165, 1.54) is 18.5 Å². The van der Waals surface area contributed by atoms with Gasteiger partial charge in [0.25, 0.3) is 0 Å². The Hall–Kier alpha value is -3.21. The Balaban J connectivity index is 1.15. The highest BCUT2D eigenvalue weighted by Crippen LogP contribution is 2.35. The number of cyclic esters (lactones) is 1. The molecule has 0 bridgehead atoms. The van der Waals surface area contributed by atoms with E-state index >= 15 is 0 Å². The van der Waals surface area contributed by atoms with Crippen molar-refractivity contribution in [1.29, 1.82) is 0 Å². The fourth-order valence-electron chi connectivity index (χ4n) is 5.26. The summed E-state index contributed by atoms with van der Waals surface area (Å²) < 4.78 is 30.5. The topological polar surface area (TPSA) is 89.0 Å². The number of aromatic nitrogens is 2. The van der Waals surface area contributed by atoms with Gasteiger partial charge >= 0.3 is 5.97 Å². The number of benzene rings is 2. The first kappa shape index (κ1) is 27.4. The summed E-state index contributed by atoms with van der Waals surface area (Å²) >= 11 is 5.92. The SMILES string of the molecule is COc1cc2c(Nc3ccc(F)c(Cl)c3)ncnc2cc1OCCCN1CCC(N2CC(=O)OC(C)C2)CC1. The molecule has 0 spiro atoms. The molecule has 1 atom stereocenters. The van der Waals surface area contributed by atoms with E-state index in [-0.39, 0.29) is 17.1 Å². The van der Waals surface area contributed by atoms with Gasteiger partial charge in [-0.3, -0.25) is 9.69 Å². The number of rotatable bonds is 9. The summed E-state index contributed by atoms with van der Waals surface area (Å²) in [7, 11) is 1.59. The number of ether oxygens (including phenoxy) is 3. The number of hydrogen-bond acceptors (Lipinski definition) is 9. The molecule has 1 unspecified atom stereocenters. The standard InChI is InChI=1S/C28H33ClFN5O4/c1-18-15-35(16-27(36)39-18)20-6-9-34(10-7-20)8-3-11-38-26-14-24-21(13-25(26)37-2)28(32-17-31-24)33-19-4-5-23(30)22(29)12-19/h4-5,12-14,17-18,20H,3,6-11,15-16H2,1-2H3,(H,31,32,33). The van der Waals surface area contributed by atoms with Crippen LogP contribution in [0.15, 0.2) is 36.7 Å². The molecule has 39 heavy (non-hydrogen) atoms. The second kappa shape index (κ2) is 12.3. The number of carbonyl (C=O) groups is 1. The Morgan fingerprint density at radius 2 is 2.00 bits per heavy atom. The molecule has 3 aromatic rings. The molecule has 1 N–H and O–H groups in total. The van der Waals surface area contributed by atoms with Crippen molar-refractivity contribution < 1.29 is 23.4 Å². The molecule has 2 aromatic carbocycles. The number of carbonyl (C=O) groups excluding carboxylic acids is 1. The van der Waals surface area contributed by atoms with Crippen LogP contribution >= 0.6 is 11.6 Å². The number of hydrogen-bond donors (Lipinski definition) is 1. The third kappa shape index (κ3) is 6.69. The third-order valence-corrected chi connectivity index (χ3v) is 7.50. The van der Waals surface area contributed by atoms with Crippen LogP contribution in [0.1, 0.15) is 26.2 Å². The van der Waals surface area contributed by atoms with Crippen LogP contribution in [0.2, 0.25) is 5.02 Å². The van der Waals surface area contributed by atoms with Gasteiger partial charge in [0.15, 0.2) is 11.5 Å². The molecule has 9 nitrogen and oxygen atoms in total. The molecule has 2 aliphatic rings. The van der Waals surface area contributed by atoms with Crippen LogP contribution in [0, 0.1) is 5.82 Å². The molecule has 1 aromatic heterocycles. The number of nitrogens with one attached hydrogen (secondary N) is 1. The van der Waals surface area contributed by atoms with E-state index in [1.54, 1.807) is 13.2 Å². The minimum absolute atomic E-state index is 0.0271. The lowest BCUT2D eigenvalue weighted by Gasteiger charge is -2.41. The smallest absolute Gasteiger partial charge is 0.320 e. The van der Waals surface area contributed by atoms with Crippen molar-refractivity contribution in [2.45, 2.75) is 38.3 Å². The quantitative estimate of drug-likeness (QED) is 0.298. The fourth-order valence-corrected chi connectivity index (χ4v) is 5.44. The largest absolute Gasteiger partial charge is 0.493 e. The van der Waals surface area contributed by atoms with Crippen LogP contribution in [-0.4, -0.2) is 84.3 Å². The zero-order chi connectivity index (χ0) is 27.4. The number of likely N-dealkylation sites (tertiary alicyclic amines) is 1. The maximum atomic E-state index is 13.5. The van der Waals surface area contributed by atoms with Gasteiger partial charge in [0, 0.05) is 36.3 Å². The van der Waals surface area contributed by atoms with E-state index in [2.05, 4.69) is 25.1 Å². The fraction of sp³-hybridized carbons (Fsp3) is 0.464. The minimum Gasteiger partial charge on any atom is -0.493 e. The minimum atomic E-state index is -0.483. The number of anilines is 2. The first-order valence-electron chi connectivity index (χ1n) is 13.2. The Morgan fingerprint density at radius 3 is 2.74 bits per heavy atom. The van der Waals surface area contributed by atoms with E-state index < -0.39 is 5.82 Å². The van der Waals surface area contributed by atoms with Gasteiger partial charge < -0.3 is 24.4 Å². The Labute approximate surface area is 232 Å². The molecule has 0 radical (unpaired) electrons. The highest BCUT2D eigenvalue weighted by atomic mass is 35.5. The average molecular weight is 558 g/mol. The molecule has 208 valence electrons. The summed E-state index contributed by atoms with van der Waals surface area (Å²) in [5.74, 6) is 1.14. The van der Waals surface area contributed by atoms with E-state index in [9.17, 15) is 9.18 Å². The van der Waals surface area contributed by atoms with Crippen molar-refractivity contribution in [3.8, 4) is 11.5 Å². The van der Waals surface area contributed by atoms with Gasteiger partial charge in [-0.15, -0.1) is 0 Å². The van der Waals surface area contributed by atoms with Crippen molar-refractivity contribution in [2.75, 3.05) is 51.8 Å². The van der Waals surface area contributed by atoms with Crippen molar-refractivity contribution in [3.63, 3.8) is 0 Å². The highest BCUT2D eigenvalue weighted by molar-refractivity contribution is 6.31. The molecule has 5 rings (SSSR count). The number of fused-ring (bicyclic) bond motifs is 1. The maximum Gasteiger partial charge on any atom is 0.320 e. The number of methoxy groups -OCH3 is 1. The van der Waals surface area contributed by atoms with Crippen LogP contribution in [-0.2, 0) is 9.53 Å². The van der Waals surface area contributed by atoms with Crippen molar-refractivity contribution in [3.05, 3.63) is 47.5 Å². The van der Waals surface area contributed by atoms with E-state index in [0.29, 0.717) is 47.7 Å². The van der Waals surface area contributed by atoms with Crippen molar-refractivity contribution >= 4 is 40.0 Å². The molecular formula is C28H33ClFN5O4. The van der Waals surface area contributed by atoms with Gasteiger partial charge in [-0.25, -0.2) is 14.4 Å². The van der Waals surface area contributed by atoms with Gasteiger partial charge in [0.05, 0.1) is 30.8 Å². The first-order chi connectivity index (χ1) is 18.9. The van der Waals surface area contributed by atoms with E-state index in [4.69, 9.17) is 25.8 Å². The predicted octanol–water partition coefficient (Wildman–Crippen LogP) is 4.66. The predicted molar refractivity (Wildman–Crippen MR) is 147 cm³/mol. The zero-order valence-electron chi connectivity index (χ0n) is 22.2. The van der Waals surface area contributed by atoms with Crippen molar-refractivity contribution in [2.24, 2.45) is 0 Å². The lowest BCUT2D eigenvalue weighted by molar-refractivity contribution is -0.159. The van der Waals surface area contributed by atoms with Crippen LogP contribution < -0.4 is 14.8 Å². The third-order valence-electron chi connectivity index (χ3n) is 7.21. The first-order valence-corrected chi connectivity index (χ1v) is 13.6. The molecule has 2 aliphatic heterocycles. The molecule has 11 heteroatoms. The summed E-state index contributed by atoms with van der Waals surface area (Å²) in [4.78, 5) is 25.3. The average Bonchev–Trinajstić information content (AvgIpc) is 2.92. The van der Waals surface area contributed by atoms with Gasteiger partial charge in [0.1, 0.15) is 24.1 Å². The lowest BCUT2D eigenvalue weighted by Crippen LogP contribution is -2.52. The van der Waals surface area contributed by atoms with Gasteiger partial charge in [-0.2, -0.15) is 0 Å². The lowest BCUT2D eigenvalue weighted by atomic mass is 10.0. The number of piperidine rings is 1. The van der Waals surface area contributed by atoms with Gasteiger partial charge in [-0.1, -0.05) is 11.6 Å². The molecular weight excluding hydrogens is 525 g/mol. The number of halogens is 2. The molecule has 0 aliphatic carbocycles. The second-order valence-electron chi connectivity index (χ2n) is 10.0. The molecule has 3 heterocycles. The number of morpholine rings is 1. The van der Waals surface area contributed by atoms with E-state index in [1.807, 2.05) is 19.1 Å². The number of nitrogens with zero attached hydrogens (tertiary/aromatic N) is 4. The monoisotopic (exact) mass is 557 g/mol. The Bertz CT molecular complexity index is 1320. The van der Waals surface area contributed by atoms with Gasteiger partial charge in [-0.05, 0) is 63.5 Å². The maximum absolute atomic E-state index is 13.5. The second-order valence-corrected chi connectivity index (χ2v) is 10.4. The van der Waals surface area contributed by atoms with Crippen LogP contribution in [0.25, 0.3) is 10.9 Å². The van der Waals surface area contributed by atoms with Crippen LogP contribution in [0.5, 0.6) is 11.5 Å². The summed E-state index contributed by atoms with van der Waals surface area (Å²) in [5, 5.41) is 3.94. The Morgan fingerprint density at radius 1 is 1.18 bits per heavy atom. The summed E-state index contributed by atoms with van der Waals surface area (Å²) in [6.07, 6.45) is 4.42. The normalized spacial score (nSPS) is 19.2. The Kier molecular flexibility index (Phi) is 8.64. The van der Waals surface area contributed by atoms with Crippen molar-refractivity contribution in [1.82, 2.24) is 19.8 Å². The van der Waals surface area contributed by atoms with Gasteiger partial charge in [0.2, 0.25) is 0 Å². The summed E-state index contributed by atoms with van der Waals surface area (Å²) in [5.41, 5.74) is 1.30. The highest BCUT2D eigenvalue weighted by Gasteiger charge is 2.31. The van der Waals surface area contributed by atoms with E-state index in [0.717, 1.165) is 50.8 Å². The number of esters is 1. The zero-order valence-corrected chi connectivity index (χ0v) is 22.9. The summed E-state index contributed by atoms with van der Waals surface area (Å²) in [6, 6.07) is 8.52. The van der Waals surface area contributed by atoms with Crippen LogP contribution in [0.3, 0.4) is 0 Å². The summed E-state index contributed by atoms with van der Waals surface area (Å²) in [6.45, 7) is 6.68. The molecule has 2 saturated heterocycles. The molecule has 2 fully saturated rings. The molecule has 0 saturated carbocycles.